The number of benzene rings is 1. The van der Waals surface area contributed by atoms with Gasteiger partial charge in [-0.2, -0.15) is 0 Å². The molecule has 1 aliphatic carbocycles. The first kappa shape index (κ1) is 27.4. The number of hydrogen-bond acceptors (Lipinski definition) is 7. The van der Waals surface area contributed by atoms with Crippen LogP contribution in [0.25, 0.3) is 11.3 Å². The highest BCUT2D eigenvalue weighted by Gasteiger charge is 2.36. The van der Waals surface area contributed by atoms with Crippen molar-refractivity contribution in [2.24, 2.45) is 18.9 Å². The lowest BCUT2D eigenvalue weighted by molar-refractivity contribution is -0.153. The van der Waals surface area contributed by atoms with E-state index in [0.717, 1.165) is 24.4 Å². The highest BCUT2D eigenvalue weighted by atomic mass is 28.3. The smallest absolute Gasteiger partial charge is 0.412 e. The quantitative estimate of drug-likeness (QED) is 0.367. The number of nitrogens with zero attached hydrogens (tertiary/aromatic N) is 3. The number of carbonyl (C=O) groups excluding carboxylic acids is 3. The van der Waals surface area contributed by atoms with Crippen molar-refractivity contribution in [3.05, 3.63) is 24.3 Å². The van der Waals surface area contributed by atoms with Gasteiger partial charge in [0.05, 0.1) is 25.0 Å². The minimum Gasteiger partial charge on any atom is -0.466 e. The fourth-order valence-corrected chi connectivity index (χ4v) is 4.91. The Bertz CT molecular complexity index is 1060. The van der Waals surface area contributed by atoms with Crippen LogP contribution < -0.4 is 10.6 Å². The van der Waals surface area contributed by atoms with Crippen LogP contribution in [0.2, 0.25) is 25.7 Å². The molecular formula is C25H37N5O5Si. The lowest BCUT2D eigenvalue weighted by atomic mass is 9.78. The number of anilines is 2. The predicted octanol–water partition coefficient (Wildman–Crippen LogP) is 4.68. The summed E-state index contributed by atoms with van der Waals surface area (Å²) in [5.41, 5.74) is 1.83. The topological polar surface area (TPSA) is 124 Å². The number of ether oxygens (including phenoxy) is 2. The van der Waals surface area contributed by atoms with Crippen LogP contribution in [0.4, 0.5) is 16.3 Å². The molecule has 0 spiro atoms. The molecule has 0 saturated heterocycles. The van der Waals surface area contributed by atoms with E-state index >= 15 is 0 Å². The fraction of sp³-hybridized carbons (Fsp3) is 0.560. The van der Waals surface area contributed by atoms with E-state index in [4.69, 9.17) is 9.47 Å². The minimum absolute atomic E-state index is 0.177. The monoisotopic (exact) mass is 515 g/mol. The Morgan fingerprint density at radius 2 is 1.69 bits per heavy atom. The van der Waals surface area contributed by atoms with Crippen LogP contribution in [0.3, 0.4) is 0 Å². The van der Waals surface area contributed by atoms with Gasteiger partial charge in [0.15, 0.2) is 5.82 Å². The van der Waals surface area contributed by atoms with Crippen molar-refractivity contribution < 1.29 is 23.9 Å². The largest absolute Gasteiger partial charge is 0.466 e. The first-order valence-electron chi connectivity index (χ1n) is 12.5. The molecule has 2 N–H and O–H groups in total. The maximum atomic E-state index is 13.0. The summed E-state index contributed by atoms with van der Waals surface area (Å²) in [4.78, 5) is 37.6. The van der Waals surface area contributed by atoms with Crippen molar-refractivity contribution in [3.8, 4) is 11.3 Å². The molecule has 1 aromatic heterocycles. The molecule has 1 aliphatic rings. The second-order valence-electron chi connectivity index (χ2n) is 10.3. The summed E-state index contributed by atoms with van der Waals surface area (Å²) in [6, 6.07) is 8.00. The average Bonchev–Trinajstić information content (AvgIpc) is 3.18. The molecule has 1 saturated carbocycles. The van der Waals surface area contributed by atoms with E-state index in [9.17, 15) is 14.4 Å². The third-order valence-corrected chi connectivity index (χ3v) is 7.95. The zero-order valence-corrected chi connectivity index (χ0v) is 22.8. The normalized spacial score (nSPS) is 17.8. The summed E-state index contributed by atoms with van der Waals surface area (Å²) < 4.78 is 12.0. The van der Waals surface area contributed by atoms with E-state index in [2.05, 4.69) is 40.6 Å². The number of aryl methyl sites for hydroxylation is 1. The van der Waals surface area contributed by atoms with Crippen molar-refractivity contribution in [2.75, 3.05) is 23.8 Å². The molecule has 196 valence electrons. The number of amides is 2. The number of carbonyl (C=O) groups is 3. The Morgan fingerprint density at radius 1 is 1.03 bits per heavy atom. The summed E-state index contributed by atoms with van der Waals surface area (Å²) >= 11 is 0. The van der Waals surface area contributed by atoms with Gasteiger partial charge in [-0.3, -0.25) is 14.9 Å². The van der Waals surface area contributed by atoms with Crippen LogP contribution in [0, 0.1) is 11.8 Å². The van der Waals surface area contributed by atoms with Gasteiger partial charge in [-0.15, -0.1) is 5.10 Å². The number of nitrogens with one attached hydrogen (secondary N) is 2. The standard InChI is InChI=1S/C25H37N5O5Si/c1-6-34-24(32)20-10-8-7-9-19(20)23(31)26-18-13-11-17(12-14-18)21-22(30(2)29-28-21)27-25(33)35-15-16-36(3,4)5/h11-14,19-20H,6-10,15-16H2,1-5H3,(H,26,31)(H,27,33)/t19-,20-/m0/s1. The zero-order valence-electron chi connectivity index (χ0n) is 21.8. The van der Waals surface area contributed by atoms with E-state index in [1.54, 1.807) is 38.2 Å². The van der Waals surface area contributed by atoms with E-state index in [0.29, 0.717) is 43.3 Å². The Labute approximate surface area is 213 Å². The highest BCUT2D eigenvalue weighted by molar-refractivity contribution is 6.76. The second-order valence-corrected chi connectivity index (χ2v) is 15.9. The number of hydrogen-bond donors (Lipinski definition) is 2. The van der Waals surface area contributed by atoms with Gasteiger partial charge in [0.25, 0.3) is 0 Å². The van der Waals surface area contributed by atoms with Crippen LogP contribution in [0.5, 0.6) is 0 Å². The Hall–Kier alpha value is -3.21. The van der Waals surface area contributed by atoms with Crippen LogP contribution >= 0.6 is 0 Å². The van der Waals surface area contributed by atoms with Crippen molar-refractivity contribution in [3.63, 3.8) is 0 Å². The van der Waals surface area contributed by atoms with Crippen LogP contribution in [0.15, 0.2) is 24.3 Å². The number of aromatic nitrogens is 3. The predicted molar refractivity (Wildman–Crippen MR) is 140 cm³/mol. The van der Waals surface area contributed by atoms with Gasteiger partial charge in [-0.1, -0.05) is 49.8 Å². The molecule has 36 heavy (non-hydrogen) atoms. The third kappa shape index (κ3) is 7.39. The lowest BCUT2D eigenvalue weighted by Gasteiger charge is -2.28. The average molecular weight is 516 g/mol. The molecule has 2 atom stereocenters. The van der Waals surface area contributed by atoms with Gasteiger partial charge in [-0.25, -0.2) is 9.48 Å². The van der Waals surface area contributed by atoms with Crippen LogP contribution in [-0.2, 0) is 26.1 Å². The molecule has 1 aromatic carbocycles. The van der Waals surface area contributed by atoms with Crippen molar-refractivity contribution in [1.29, 1.82) is 0 Å². The maximum Gasteiger partial charge on any atom is 0.412 e. The van der Waals surface area contributed by atoms with Gasteiger partial charge in [-0.05, 0) is 37.9 Å². The Morgan fingerprint density at radius 3 is 2.33 bits per heavy atom. The zero-order chi connectivity index (χ0) is 26.3. The van der Waals surface area contributed by atoms with E-state index in [1.807, 2.05) is 0 Å². The Kier molecular flexibility index (Phi) is 9.24. The molecule has 10 nitrogen and oxygen atoms in total. The molecule has 2 aromatic rings. The summed E-state index contributed by atoms with van der Waals surface area (Å²) in [6.45, 7) is 9.11. The molecule has 0 radical (unpaired) electrons. The maximum absolute atomic E-state index is 13.0. The minimum atomic E-state index is -1.31. The fourth-order valence-electron chi connectivity index (χ4n) is 4.20. The van der Waals surface area contributed by atoms with Crippen LogP contribution in [-0.4, -0.2) is 54.3 Å². The first-order valence-corrected chi connectivity index (χ1v) is 16.2. The third-order valence-electron chi connectivity index (χ3n) is 6.25. The van der Waals surface area contributed by atoms with Gasteiger partial charge in [0, 0.05) is 26.4 Å². The van der Waals surface area contributed by atoms with Gasteiger partial charge < -0.3 is 14.8 Å². The van der Waals surface area contributed by atoms with Gasteiger partial charge >= 0.3 is 12.1 Å². The molecule has 1 heterocycles. The van der Waals surface area contributed by atoms with Crippen molar-refractivity contribution in [1.82, 2.24) is 15.0 Å². The molecular weight excluding hydrogens is 478 g/mol. The second kappa shape index (κ2) is 12.2. The highest BCUT2D eigenvalue weighted by Crippen LogP contribution is 2.32. The van der Waals surface area contributed by atoms with E-state index in [-0.39, 0.29) is 11.9 Å². The van der Waals surface area contributed by atoms with E-state index in [1.165, 1.54) is 4.68 Å². The Balaban J connectivity index is 1.65. The molecule has 11 heteroatoms. The number of rotatable bonds is 9. The van der Waals surface area contributed by atoms with Crippen LogP contribution in [0.1, 0.15) is 32.6 Å². The van der Waals surface area contributed by atoms with Crippen molar-refractivity contribution in [2.45, 2.75) is 58.3 Å². The molecule has 0 unspecified atom stereocenters. The molecule has 0 aliphatic heterocycles. The molecule has 1 fully saturated rings. The summed E-state index contributed by atoms with van der Waals surface area (Å²) in [7, 11) is 0.380. The SMILES string of the molecule is CCOC(=O)[C@H]1CCCC[C@@H]1C(=O)Nc1ccc(-c2nnn(C)c2NC(=O)OCC[Si](C)(C)C)cc1. The first-order chi connectivity index (χ1) is 17.1. The summed E-state index contributed by atoms with van der Waals surface area (Å²) in [6.07, 6.45) is 2.61. The number of esters is 1. The van der Waals surface area contributed by atoms with Gasteiger partial charge in [0.1, 0.15) is 5.69 Å². The van der Waals surface area contributed by atoms with E-state index < -0.39 is 26.0 Å². The lowest BCUT2D eigenvalue weighted by Crippen LogP contribution is -2.37. The molecule has 3 rings (SSSR count). The molecule has 2 amide bonds. The summed E-state index contributed by atoms with van der Waals surface area (Å²) in [5, 5.41) is 13.9. The molecule has 0 bridgehead atoms. The summed E-state index contributed by atoms with van der Waals surface area (Å²) in [5.74, 6) is -0.862. The van der Waals surface area contributed by atoms with Gasteiger partial charge in [0.2, 0.25) is 5.91 Å². The van der Waals surface area contributed by atoms with Crippen molar-refractivity contribution >= 4 is 37.5 Å².